The van der Waals surface area contributed by atoms with Gasteiger partial charge in [-0.05, 0) is 47.2 Å². The average molecular weight is 366 g/mol. The minimum atomic E-state index is -0.861. The van der Waals surface area contributed by atoms with E-state index >= 15 is 0 Å². The smallest absolute Gasteiger partial charge is 0.331 e. The van der Waals surface area contributed by atoms with Crippen LogP contribution in [0, 0.1) is 3.57 Å². The predicted molar refractivity (Wildman–Crippen MR) is 78.7 cm³/mol. The lowest BCUT2D eigenvalue weighted by Gasteiger charge is -2.07. The number of carbonyl (C=O) groups is 1. The van der Waals surface area contributed by atoms with Gasteiger partial charge in [0.15, 0.2) is 0 Å². The molecule has 0 aliphatic rings. The van der Waals surface area contributed by atoms with E-state index < -0.39 is 5.97 Å². The summed E-state index contributed by atoms with van der Waals surface area (Å²) in [7, 11) is 0. The van der Waals surface area contributed by atoms with Crippen molar-refractivity contribution in [1.82, 2.24) is 0 Å². The molecular weight excluding hydrogens is 352 g/mol. The Balaban J connectivity index is 2.65. The van der Waals surface area contributed by atoms with Gasteiger partial charge in [-0.15, -0.1) is 0 Å². The second-order valence-corrected chi connectivity index (χ2v) is 4.99. The van der Waals surface area contributed by atoms with Gasteiger partial charge in [0.05, 0.1) is 0 Å². The lowest BCUT2D eigenvalue weighted by Crippen LogP contribution is -2.05. The first-order valence-electron chi connectivity index (χ1n) is 5.15. The summed E-state index contributed by atoms with van der Waals surface area (Å²) in [6.45, 7) is 2.32. The van der Waals surface area contributed by atoms with Crippen LogP contribution in [0.1, 0.15) is 13.3 Å². The van der Waals surface area contributed by atoms with Crippen molar-refractivity contribution in [2.24, 2.45) is 0 Å². The van der Waals surface area contributed by atoms with Gasteiger partial charge in [-0.2, -0.15) is 0 Å². The van der Waals surface area contributed by atoms with Gasteiger partial charge < -0.3 is 10.4 Å². The highest BCUT2D eigenvalue weighted by Crippen LogP contribution is 2.22. The maximum absolute atomic E-state index is 10.8. The molecule has 92 valence electrons. The van der Waals surface area contributed by atoms with E-state index in [1.807, 2.05) is 19.1 Å². The van der Waals surface area contributed by atoms with Crippen LogP contribution in [0.25, 0.3) is 0 Å². The van der Waals surface area contributed by atoms with E-state index in [0.717, 1.165) is 9.26 Å². The van der Waals surface area contributed by atoms with E-state index in [4.69, 9.17) is 16.7 Å². The van der Waals surface area contributed by atoms with Gasteiger partial charge in [0, 0.05) is 26.4 Å². The van der Waals surface area contributed by atoms with Crippen LogP contribution in [0.4, 0.5) is 5.69 Å². The fraction of sp³-hybridized carbons (Fsp3) is 0.250. The normalized spacial score (nSPS) is 11.4. The monoisotopic (exact) mass is 365 g/mol. The molecule has 0 saturated carbocycles. The molecule has 0 atom stereocenters. The lowest BCUT2D eigenvalue weighted by molar-refractivity contribution is -0.132. The molecule has 0 aliphatic carbocycles. The van der Waals surface area contributed by atoms with Crippen LogP contribution >= 0.6 is 34.2 Å². The molecule has 1 aromatic carbocycles. The van der Waals surface area contributed by atoms with Gasteiger partial charge in [0.2, 0.25) is 0 Å². The van der Waals surface area contributed by atoms with Crippen molar-refractivity contribution in [1.29, 1.82) is 0 Å². The first-order valence-corrected chi connectivity index (χ1v) is 6.61. The Kier molecular flexibility index (Phi) is 5.77. The molecule has 0 aromatic heterocycles. The van der Waals surface area contributed by atoms with Crippen LogP contribution in [0.5, 0.6) is 0 Å². The van der Waals surface area contributed by atoms with E-state index in [-0.39, 0.29) is 0 Å². The largest absolute Gasteiger partial charge is 0.478 e. The van der Waals surface area contributed by atoms with Crippen LogP contribution in [0.15, 0.2) is 29.8 Å². The van der Waals surface area contributed by atoms with Crippen molar-refractivity contribution in [3.05, 3.63) is 38.4 Å². The molecule has 0 fully saturated rings. The van der Waals surface area contributed by atoms with Crippen LogP contribution in [0.3, 0.4) is 0 Å². The highest BCUT2D eigenvalue weighted by Gasteiger charge is 2.03. The third-order valence-corrected chi connectivity index (χ3v) is 3.36. The molecule has 0 unspecified atom stereocenters. The fourth-order valence-electron chi connectivity index (χ4n) is 1.30. The van der Waals surface area contributed by atoms with E-state index in [0.29, 0.717) is 23.6 Å². The third-order valence-electron chi connectivity index (χ3n) is 2.23. The van der Waals surface area contributed by atoms with Crippen LogP contribution in [-0.4, -0.2) is 17.6 Å². The summed E-state index contributed by atoms with van der Waals surface area (Å²) in [5.74, 6) is -0.861. The van der Waals surface area contributed by atoms with Crippen molar-refractivity contribution in [3.63, 3.8) is 0 Å². The van der Waals surface area contributed by atoms with Gasteiger partial charge in [-0.25, -0.2) is 4.79 Å². The van der Waals surface area contributed by atoms with Crippen LogP contribution in [-0.2, 0) is 4.79 Å². The Morgan fingerprint density at radius 1 is 1.59 bits per heavy atom. The molecule has 5 heteroatoms. The van der Waals surface area contributed by atoms with E-state index in [1.54, 1.807) is 12.1 Å². The van der Waals surface area contributed by atoms with Gasteiger partial charge in [0.25, 0.3) is 0 Å². The molecule has 2 N–H and O–H groups in total. The summed E-state index contributed by atoms with van der Waals surface area (Å²) >= 11 is 8.02. The first-order chi connectivity index (χ1) is 8.04. The molecule has 0 bridgehead atoms. The highest BCUT2D eigenvalue weighted by molar-refractivity contribution is 14.1. The minimum absolute atomic E-state index is 0.418. The summed E-state index contributed by atoms with van der Waals surface area (Å²) in [5, 5.41) is 12.7. The third kappa shape index (κ3) is 4.55. The van der Waals surface area contributed by atoms with E-state index in [2.05, 4.69) is 27.9 Å². The van der Waals surface area contributed by atoms with E-state index in [1.165, 1.54) is 0 Å². The summed E-state index contributed by atoms with van der Waals surface area (Å²) in [6, 6.07) is 5.53. The number of anilines is 1. The maximum Gasteiger partial charge on any atom is 0.331 e. The topological polar surface area (TPSA) is 49.3 Å². The molecule has 1 aromatic rings. The molecule has 0 spiro atoms. The van der Waals surface area contributed by atoms with Crippen molar-refractivity contribution in [2.45, 2.75) is 13.3 Å². The Bertz CT molecular complexity index is 446. The number of nitrogens with one attached hydrogen (secondary N) is 1. The zero-order valence-corrected chi connectivity index (χ0v) is 12.2. The lowest BCUT2D eigenvalue weighted by atomic mass is 10.2. The molecule has 0 aliphatic heterocycles. The Hall–Kier alpha value is -0.750. The number of hydrogen-bond donors (Lipinski definition) is 2. The Labute approximate surface area is 119 Å². The predicted octanol–water partition coefficient (Wildman–Crippen LogP) is 3.78. The van der Waals surface area contributed by atoms with Gasteiger partial charge >= 0.3 is 5.97 Å². The summed E-state index contributed by atoms with van der Waals surface area (Å²) < 4.78 is 1.01. The number of rotatable bonds is 5. The summed E-state index contributed by atoms with van der Waals surface area (Å²) in [6.07, 6.45) is 2.21. The number of hydrogen-bond acceptors (Lipinski definition) is 2. The first kappa shape index (κ1) is 14.3. The number of aliphatic carboxylic acids is 1. The molecule has 0 heterocycles. The van der Waals surface area contributed by atoms with Crippen LogP contribution < -0.4 is 5.32 Å². The van der Waals surface area contributed by atoms with Gasteiger partial charge in [-0.1, -0.05) is 24.6 Å². The standard InChI is InChI=1S/C12H13ClINO2/c1-2-8(12(16)17)5-6-15-11-4-3-9(13)7-10(11)14/h3-5,7,15H,2,6H2,1H3,(H,16,17)/b8-5-. The van der Waals surface area contributed by atoms with Crippen molar-refractivity contribution >= 4 is 45.8 Å². The zero-order chi connectivity index (χ0) is 12.8. The fourth-order valence-corrected chi connectivity index (χ4v) is 2.36. The molecular formula is C12H13ClINO2. The van der Waals surface area contributed by atoms with Crippen molar-refractivity contribution in [3.8, 4) is 0 Å². The highest BCUT2D eigenvalue weighted by atomic mass is 127. The molecule has 17 heavy (non-hydrogen) atoms. The number of carboxylic acid groups (broad SMARTS) is 1. The van der Waals surface area contributed by atoms with E-state index in [9.17, 15) is 4.79 Å². The van der Waals surface area contributed by atoms with Crippen molar-refractivity contribution < 1.29 is 9.90 Å². The minimum Gasteiger partial charge on any atom is -0.478 e. The Morgan fingerprint density at radius 3 is 2.82 bits per heavy atom. The average Bonchev–Trinajstić information content (AvgIpc) is 2.26. The zero-order valence-electron chi connectivity index (χ0n) is 9.34. The second kappa shape index (κ2) is 6.86. The number of carboxylic acids is 1. The molecule has 3 nitrogen and oxygen atoms in total. The SMILES string of the molecule is CC/C(=C/CNc1ccc(Cl)cc1I)C(=O)O. The number of benzene rings is 1. The quantitative estimate of drug-likeness (QED) is 0.617. The summed E-state index contributed by atoms with van der Waals surface area (Å²) in [4.78, 5) is 10.8. The van der Waals surface area contributed by atoms with Gasteiger partial charge in [0.1, 0.15) is 0 Å². The van der Waals surface area contributed by atoms with Gasteiger partial charge in [-0.3, -0.25) is 0 Å². The molecule has 0 saturated heterocycles. The Morgan fingerprint density at radius 2 is 2.29 bits per heavy atom. The molecule has 1 rings (SSSR count). The molecule has 0 radical (unpaired) electrons. The maximum atomic E-state index is 10.8. The molecule has 0 amide bonds. The van der Waals surface area contributed by atoms with Crippen LogP contribution in [0.2, 0.25) is 5.02 Å². The summed E-state index contributed by atoms with van der Waals surface area (Å²) in [5.41, 5.74) is 1.37. The second-order valence-electron chi connectivity index (χ2n) is 3.39. The van der Waals surface area contributed by atoms with Crippen molar-refractivity contribution in [2.75, 3.05) is 11.9 Å². The number of halogens is 2.